The Kier molecular flexibility index (Phi) is 4.29. The minimum absolute atomic E-state index is 0.0663. The topological polar surface area (TPSA) is 83.9 Å². The van der Waals surface area contributed by atoms with E-state index in [1.807, 2.05) is 6.92 Å². The zero-order valence-electron chi connectivity index (χ0n) is 11.2. The normalized spacial score (nSPS) is 19.9. The van der Waals surface area contributed by atoms with Crippen molar-refractivity contribution < 1.29 is 23.1 Å². The van der Waals surface area contributed by atoms with E-state index < -0.39 is 22.0 Å². The number of carbonyl (C=O) groups is 1. The second-order valence-corrected chi connectivity index (χ2v) is 6.41. The molecule has 0 aliphatic carbocycles. The number of aliphatic carboxylic acids is 1. The number of nitrogens with zero attached hydrogens (tertiary/aromatic N) is 1. The van der Waals surface area contributed by atoms with E-state index in [-0.39, 0.29) is 11.4 Å². The minimum atomic E-state index is -3.80. The van der Waals surface area contributed by atoms with Crippen molar-refractivity contribution in [1.82, 2.24) is 4.31 Å². The van der Waals surface area contributed by atoms with Gasteiger partial charge >= 0.3 is 5.97 Å². The van der Waals surface area contributed by atoms with Crippen LogP contribution in [0, 0.1) is 0 Å². The van der Waals surface area contributed by atoms with Gasteiger partial charge in [0.15, 0.2) is 0 Å². The monoisotopic (exact) mass is 299 g/mol. The fraction of sp³-hybridized carbons (Fsp3) is 0.462. The molecule has 1 aromatic rings. The van der Waals surface area contributed by atoms with E-state index in [1.54, 1.807) is 12.1 Å². The Bertz CT molecular complexity index is 599. The highest BCUT2D eigenvalue weighted by atomic mass is 32.2. The van der Waals surface area contributed by atoms with Crippen LogP contribution in [0.5, 0.6) is 5.75 Å². The van der Waals surface area contributed by atoms with Gasteiger partial charge in [-0.2, -0.15) is 4.31 Å². The van der Waals surface area contributed by atoms with Gasteiger partial charge in [-0.1, -0.05) is 6.07 Å². The lowest BCUT2D eigenvalue weighted by Gasteiger charge is -2.21. The number of rotatable bonds is 5. The molecule has 1 aliphatic rings. The average Bonchev–Trinajstić information content (AvgIpc) is 2.89. The first-order valence-electron chi connectivity index (χ1n) is 6.44. The molecule has 0 saturated carbocycles. The highest BCUT2D eigenvalue weighted by Crippen LogP contribution is 2.28. The first kappa shape index (κ1) is 14.8. The van der Waals surface area contributed by atoms with E-state index >= 15 is 0 Å². The van der Waals surface area contributed by atoms with Crippen LogP contribution in [0.2, 0.25) is 0 Å². The summed E-state index contributed by atoms with van der Waals surface area (Å²) in [6.07, 6.45) is 0.904. The van der Waals surface area contributed by atoms with E-state index in [2.05, 4.69) is 0 Å². The number of sulfonamides is 1. The second kappa shape index (κ2) is 5.80. The Labute approximate surface area is 118 Å². The predicted molar refractivity (Wildman–Crippen MR) is 72.2 cm³/mol. The zero-order chi connectivity index (χ0) is 14.8. The lowest BCUT2D eigenvalue weighted by atomic mass is 10.2. The van der Waals surface area contributed by atoms with Crippen molar-refractivity contribution in [2.45, 2.75) is 30.7 Å². The number of hydrogen-bond acceptors (Lipinski definition) is 4. The van der Waals surface area contributed by atoms with E-state index in [9.17, 15) is 13.2 Å². The largest absolute Gasteiger partial charge is 0.494 e. The lowest BCUT2D eigenvalue weighted by Crippen LogP contribution is -2.40. The highest BCUT2D eigenvalue weighted by Gasteiger charge is 2.39. The van der Waals surface area contributed by atoms with Crippen LogP contribution in [0.1, 0.15) is 19.8 Å². The van der Waals surface area contributed by atoms with Gasteiger partial charge in [-0.3, -0.25) is 4.79 Å². The molecule has 110 valence electrons. The van der Waals surface area contributed by atoms with Crippen LogP contribution < -0.4 is 4.74 Å². The number of ether oxygens (including phenoxy) is 1. The van der Waals surface area contributed by atoms with Crippen molar-refractivity contribution >= 4 is 16.0 Å². The molecule has 1 aromatic carbocycles. The molecule has 20 heavy (non-hydrogen) atoms. The summed E-state index contributed by atoms with van der Waals surface area (Å²) < 4.78 is 31.4. The molecule has 0 radical (unpaired) electrons. The molecule has 1 atom stereocenters. The molecular weight excluding hydrogens is 282 g/mol. The van der Waals surface area contributed by atoms with Crippen molar-refractivity contribution in [3.05, 3.63) is 24.3 Å². The summed E-state index contributed by atoms with van der Waals surface area (Å²) in [5.74, 6) is -0.647. The number of benzene rings is 1. The maximum absolute atomic E-state index is 12.5. The summed E-state index contributed by atoms with van der Waals surface area (Å²) in [5.41, 5.74) is 0. The van der Waals surface area contributed by atoms with Gasteiger partial charge < -0.3 is 9.84 Å². The zero-order valence-corrected chi connectivity index (χ0v) is 12.0. The predicted octanol–water partition coefficient (Wildman–Crippen LogP) is 1.32. The summed E-state index contributed by atoms with van der Waals surface area (Å²) in [6, 6.07) is 5.16. The van der Waals surface area contributed by atoms with E-state index in [0.29, 0.717) is 25.2 Å². The van der Waals surface area contributed by atoms with Crippen LogP contribution in [0.25, 0.3) is 0 Å². The molecule has 0 spiro atoms. The molecule has 2 rings (SSSR count). The molecule has 0 aromatic heterocycles. The molecule has 0 bridgehead atoms. The Balaban J connectivity index is 2.34. The van der Waals surface area contributed by atoms with Gasteiger partial charge in [0.05, 0.1) is 11.5 Å². The quantitative estimate of drug-likeness (QED) is 0.886. The van der Waals surface area contributed by atoms with Crippen LogP contribution in [-0.4, -0.2) is 43.0 Å². The smallest absolute Gasteiger partial charge is 0.322 e. The number of carboxylic acids is 1. The average molecular weight is 299 g/mol. The first-order valence-corrected chi connectivity index (χ1v) is 7.88. The van der Waals surface area contributed by atoms with Crippen molar-refractivity contribution in [3.8, 4) is 5.75 Å². The summed E-state index contributed by atoms with van der Waals surface area (Å²) in [5, 5.41) is 9.10. The van der Waals surface area contributed by atoms with Gasteiger partial charge in [0.1, 0.15) is 11.8 Å². The molecular formula is C13H17NO5S. The van der Waals surface area contributed by atoms with Gasteiger partial charge in [-0.05, 0) is 31.9 Å². The van der Waals surface area contributed by atoms with Crippen LogP contribution in [-0.2, 0) is 14.8 Å². The molecule has 1 saturated heterocycles. The van der Waals surface area contributed by atoms with Crippen LogP contribution in [0.3, 0.4) is 0 Å². The van der Waals surface area contributed by atoms with Gasteiger partial charge in [-0.25, -0.2) is 8.42 Å². The Morgan fingerprint density at radius 2 is 2.25 bits per heavy atom. The molecule has 1 aliphatic heterocycles. The molecule has 7 heteroatoms. The van der Waals surface area contributed by atoms with Gasteiger partial charge in [-0.15, -0.1) is 0 Å². The molecule has 0 unspecified atom stereocenters. The van der Waals surface area contributed by atoms with Crippen LogP contribution in [0.15, 0.2) is 29.2 Å². The SMILES string of the molecule is CCOc1cccc(S(=O)(=O)N2CCC[C@H]2C(=O)O)c1. The van der Waals surface area contributed by atoms with Crippen molar-refractivity contribution in [1.29, 1.82) is 0 Å². The summed E-state index contributed by atoms with van der Waals surface area (Å²) in [6.45, 7) is 2.48. The fourth-order valence-electron chi connectivity index (χ4n) is 2.30. The molecule has 0 amide bonds. The third-order valence-corrected chi connectivity index (χ3v) is 5.12. The Hall–Kier alpha value is -1.60. The fourth-order valence-corrected chi connectivity index (χ4v) is 3.99. The lowest BCUT2D eigenvalue weighted by molar-refractivity contribution is -0.140. The molecule has 6 nitrogen and oxygen atoms in total. The third-order valence-electron chi connectivity index (χ3n) is 3.21. The van der Waals surface area contributed by atoms with Crippen LogP contribution >= 0.6 is 0 Å². The second-order valence-electron chi connectivity index (χ2n) is 4.52. The third kappa shape index (κ3) is 2.78. The van der Waals surface area contributed by atoms with Crippen LogP contribution in [0.4, 0.5) is 0 Å². The van der Waals surface area contributed by atoms with Gasteiger partial charge in [0, 0.05) is 12.6 Å². The number of carboxylic acid groups (broad SMARTS) is 1. The Morgan fingerprint density at radius 3 is 2.90 bits per heavy atom. The molecule has 1 fully saturated rings. The Morgan fingerprint density at radius 1 is 1.50 bits per heavy atom. The molecule has 1 N–H and O–H groups in total. The summed E-state index contributed by atoms with van der Waals surface area (Å²) >= 11 is 0. The highest BCUT2D eigenvalue weighted by molar-refractivity contribution is 7.89. The maximum atomic E-state index is 12.5. The maximum Gasteiger partial charge on any atom is 0.322 e. The summed E-state index contributed by atoms with van der Waals surface area (Å²) in [7, 11) is -3.80. The standard InChI is InChI=1S/C13H17NO5S/c1-2-19-10-5-3-6-11(9-10)20(17,18)14-8-4-7-12(14)13(15)16/h3,5-6,9,12H,2,4,7-8H2,1H3,(H,15,16)/t12-/m0/s1. The molecule has 1 heterocycles. The van der Waals surface area contributed by atoms with Gasteiger partial charge in [0.2, 0.25) is 10.0 Å². The summed E-state index contributed by atoms with van der Waals surface area (Å²) in [4.78, 5) is 11.2. The van der Waals surface area contributed by atoms with Crippen molar-refractivity contribution in [3.63, 3.8) is 0 Å². The van der Waals surface area contributed by atoms with Crippen molar-refractivity contribution in [2.24, 2.45) is 0 Å². The van der Waals surface area contributed by atoms with Crippen molar-refractivity contribution in [2.75, 3.05) is 13.2 Å². The first-order chi connectivity index (χ1) is 9.46. The van der Waals surface area contributed by atoms with E-state index in [1.165, 1.54) is 12.1 Å². The van der Waals surface area contributed by atoms with E-state index in [4.69, 9.17) is 9.84 Å². The number of hydrogen-bond donors (Lipinski definition) is 1. The van der Waals surface area contributed by atoms with Gasteiger partial charge in [0.25, 0.3) is 0 Å². The minimum Gasteiger partial charge on any atom is -0.494 e. The van der Waals surface area contributed by atoms with E-state index in [0.717, 1.165) is 4.31 Å².